The number of hydrogen-bond donors (Lipinski definition) is 3. The van der Waals surface area contributed by atoms with E-state index in [0.717, 1.165) is 16.7 Å². The summed E-state index contributed by atoms with van der Waals surface area (Å²) in [6.45, 7) is 3.85. The molecule has 5 nitrogen and oxygen atoms in total. The molecule has 0 radical (unpaired) electrons. The van der Waals surface area contributed by atoms with Crippen molar-refractivity contribution in [1.82, 2.24) is 4.98 Å². The number of rotatable bonds is 1. The first-order valence-corrected chi connectivity index (χ1v) is 6.72. The van der Waals surface area contributed by atoms with Crippen LogP contribution in [0.15, 0.2) is 23.0 Å². The van der Waals surface area contributed by atoms with Gasteiger partial charge in [-0.3, -0.25) is 4.79 Å². The average molecular weight is 285 g/mol. The van der Waals surface area contributed by atoms with E-state index < -0.39 is 22.8 Å². The molecule has 0 fully saturated rings. The number of aromatic hydroxyl groups is 1. The number of aryl methyl sites for hydroxylation is 1. The number of aromatic carboxylic acids is 1. The molecule has 0 saturated heterocycles. The molecule has 0 saturated carbocycles. The Hall–Kier alpha value is -2.56. The largest absolute Gasteiger partial charge is 0.506 e. The van der Waals surface area contributed by atoms with E-state index in [4.69, 9.17) is 5.11 Å². The summed E-state index contributed by atoms with van der Waals surface area (Å²) in [6, 6.07) is 5.95. The van der Waals surface area contributed by atoms with Gasteiger partial charge in [-0.2, -0.15) is 0 Å². The van der Waals surface area contributed by atoms with Crippen LogP contribution in [-0.2, 0) is 6.42 Å². The lowest BCUT2D eigenvalue weighted by Gasteiger charge is -2.26. The molecule has 3 N–H and O–H groups in total. The SMILES string of the molecule is Cc1ccc2c(c1)-c1[nH]c(=O)c(C(=O)O)c(O)c1C(C)C2. The Labute approximate surface area is 120 Å². The zero-order valence-electron chi connectivity index (χ0n) is 11.7. The zero-order chi connectivity index (χ0) is 15.3. The molecule has 0 bridgehead atoms. The molecule has 1 unspecified atom stereocenters. The van der Waals surface area contributed by atoms with Gasteiger partial charge in [-0.25, -0.2) is 4.79 Å². The first-order valence-electron chi connectivity index (χ1n) is 6.72. The number of pyridine rings is 1. The van der Waals surface area contributed by atoms with Crippen LogP contribution in [0.25, 0.3) is 11.3 Å². The van der Waals surface area contributed by atoms with Crippen LogP contribution in [0, 0.1) is 6.92 Å². The molecular weight excluding hydrogens is 270 g/mol. The van der Waals surface area contributed by atoms with E-state index in [1.54, 1.807) is 0 Å². The van der Waals surface area contributed by atoms with Gasteiger partial charge in [0.1, 0.15) is 5.75 Å². The minimum atomic E-state index is -1.42. The third-order valence-electron chi connectivity index (χ3n) is 3.99. The van der Waals surface area contributed by atoms with Crippen LogP contribution in [0.3, 0.4) is 0 Å². The molecule has 0 amide bonds. The lowest BCUT2D eigenvalue weighted by Crippen LogP contribution is -2.23. The maximum absolute atomic E-state index is 12.0. The van der Waals surface area contributed by atoms with Crippen molar-refractivity contribution in [3.05, 3.63) is 50.8 Å². The molecule has 108 valence electrons. The second-order valence-corrected chi connectivity index (χ2v) is 5.54. The van der Waals surface area contributed by atoms with Crippen LogP contribution in [0.5, 0.6) is 5.75 Å². The number of fused-ring (bicyclic) bond motifs is 3. The van der Waals surface area contributed by atoms with Crippen LogP contribution in [0.1, 0.15) is 39.9 Å². The number of benzene rings is 1. The molecule has 3 rings (SSSR count). The molecule has 1 heterocycles. The van der Waals surface area contributed by atoms with Crippen molar-refractivity contribution in [3.63, 3.8) is 0 Å². The predicted octanol–water partition coefficient (Wildman–Crippen LogP) is 2.41. The summed E-state index contributed by atoms with van der Waals surface area (Å²) in [6.07, 6.45) is 0.696. The van der Waals surface area contributed by atoms with E-state index in [0.29, 0.717) is 17.7 Å². The van der Waals surface area contributed by atoms with Crippen molar-refractivity contribution in [3.8, 4) is 17.0 Å². The van der Waals surface area contributed by atoms with Crippen molar-refractivity contribution >= 4 is 5.97 Å². The minimum Gasteiger partial charge on any atom is -0.506 e. The maximum atomic E-state index is 12.0. The highest BCUT2D eigenvalue weighted by atomic mass is 16.4. The Kier molecular flexibility index (Phi) is 2.86. The second-order valence-electron chi connectivity index (χ2n) is 5.54. The fourth-order valence-corrected chi connectivity index (χ4v) is 3.03. The molecule has 1 aliphatic rings. The fraction of sp³-hybridized carbons (Fsp3) is 0.250. The van der Waals surface area contributed by atoms with Crippen molar-refractivity contribution in [1.29, 1.82) is 0 Å². The third-order valence-corrected chi connectivity index (χ3v) is 3.99. The molecule has 21 heavy (non-hydrogen) atoms. The highest BCUT2D eigenvalue weighted by Gasteiger charge is 2.30. The van der Waals surface area contributed by atoms with Gasteiger partial charge in [0.15, 0.2) is 5.56 Å². The molecule has 1 atom stereocenters. The molecule has 1 aromatic carbocycles. The average Bonchev–Trinajstić information content (AvgIpc) is 2.38. The van der Waals surface area contributed by atoms with Gasteiger partial charge in [0, 0.05) is 11.1 Å². The van der Waals surface area contributed by atoms with Gasteiger partial charge in [0.25, 0.3) is 5.56 Å². The first-order chi connectivity index (χ1) is 9.90. The van der Waals surface area contributed by atoms with Gasteiger partial charge in [-0.15, -0.1) is 0 Å². The smallest absolute Gasteiger partial charge is 0.345 e. The van der Waals surface area contributed by atoms with Crippen LogP contribution < -0.4 is 5.56 Å². The Morgan fingerprint density at radius 3 is 2.76 bits per heavy atom. The molecule has 1 aliphatic carbocycles. The summed E-state index contributed by atoms with van der Waals surface area (Å²) in [5.74, 6) is -1.90. The molecule has 2 aromatic rings. The lowest BCUT2D eigenvalue weighted by molar-refractivity contribution is 0.0691. The van der Waals surface area contributed by atoms with Gasteiger partial charge in [0.05, 0.1) is 5.69 Å². The molecule has 0 spiro atoms. The summed E-state index contributed by atoms with van der Waals surface area (Å²) in [4.78, 5) is 25.7. The van der Waals surface area contributed by atoms with E-state index in [1.165, 1.54) is 0 Å². The van der Waals surface area contributed by atoms with Gasteiger partial charge >= 0.3 is 5.97 Å². The van der Waals surface area contributed by atoms with Crippen LogP contribution in [0.2, 0.25) is 0 Å². The minimum absolute atomic E-state index is 0.0647. The summed E-state index contributed by atoms with van der Waals surface area (Å²) in [5.41, 5.74) is 2.64. The summed E-state index contributed by atoms with van der Waals surface area (Å²) < 4.78 is 0. The summed E-state index contributed by atoms with van der Waals surface area (Å²) >= 11 is 0. The van der Waals surface area contributed by atoms with Crippen molar-refractivity contribution < 1.29 is 15.0 Å². The molecule has 1 aromatic heterocycles. The number of aromatic amines is 1. The first kappa shape index (κ1) is 13.4. The molecule has 5 heteroatoms. The Morgan fingerprint density at radius 1 is 1.38 bits per heavy atom. The van der Waals surface area contributed by atoms with Gasteiger partial charge < -0.3 is 15.2 Å². The summed E-state index contributed by atoms with van der Waals surface area (Å²) in [5, 5.41) is 19.3. The van der Waals surface area contributed by atoms with E-state index >= 15 is 0 Å². The Morgan fingerprint density at radius 2 is 2.10 bits per heavy atom. The van der Waals surface area contributed by atoms with Gasteiger partial charge in [-0.1, -0.05) is 24.6 Å². The van der Waals surface area contributed by atoms with E-state index in [9.17, 15) is 14.7 Å². The topological polar surface area (TPSA) is 90.4 Å². The summed E-state index contributed by atoms with van der Waals surface area (Å²) in [7, 11) is 0. The number of nitrogens with one attached hydrogen (secondary N) is 1. The lowest BCUT2D eigenvalue weighted by atomic mass is 9.80. The normalized spacial score (nSPS) is 16.2. The molecule has 0 aliphatic heterocycles. The van der Waals surface area contributed by atoms with E-state index in [-0.39, 0.29) is 5.92 Å². The van der Waals surface area contributed by atoms with Crippen molar-refractivity contribution in [2.75, 3.05) is 0 Å². The second kappa shape index (κ2) is 4.48. The van der Waals surface area contributed by atoms with Crippen molar-refractivity contribution in [2.24, 2.45) is 0 Å². The Bertz CT molecular complexity index is 820. The Balaban J connectivity index is 2.39. The standard InChI is InChI=1S/C16H15NO4/c1-7-3-4-9-6-8(2)11-13(10(9)5-7)17-15(19)12(14(11)18)16(20)21/h3-5,8H,6H2,1-2H3,(H,20,21)(H2,17,18,19). The van der Waals surface area contributed by atoms with Crippen LogP contribution >= 0.6 is 0 Å². The van der Waals surface area contributed by atoms with Crippen LogP contribution in [-0.4, -0.2) is 21.2 Å². The number of carbonyl (C=O) groups is 1. The number of H-pyrrole nitrogens is 1. The van der Waals surface area contributed by atoms with Gasteiger partial charge in [-0.05, 0) is 30.9 Å². The maximum Gasteiger partial charge on any atom is 0.345 e. The molecular formula is C16H15NO4. The predicted molar refractivity (Wildman–Crippen MR) is 78.0 cm³/mol. The van der Waals surface area contributed by atoms with E-state index in [2.05, 4.69) is 4.98 Å². The highest BCUT2D eigenvalue weighted by molar-refractivity contribution is 5.92. The van der Waals surface area contributed by atoms with Crippen LogP contribution in [0.4, 0.5) is 0 Å². The van der Waals surface area contributed by atoms with Crippen molar-refractivity contribution in [2.45, 2.75) is 26.2 Å². The third kappa shape index (κ3) is 1.93. The fourth-order valence-electron chi connectivity index (χ4n) is 3.03. The number of hydrogen-bond acceptors (Lipinski definition) is 3. The highest BCUT2D eigenvalue weighted by Crippen LogP contribution is 2.42. The monoisotopic (exact) mass is 285 g/mol. The zero-order valence-corrected chi connectivity index (χ0v) is 11.7. The quantitative estimate of drug-likeness (QED) is 0.750. The van der Waals surface area contributed by atoms with Gasteiger partial charge in [0.2, 0.25) is 0 Å². The number of aromatic nitrogens is 1. The number of carboxylic acids is 1. The van der Waals surface area contributed by atoms with E-state index in [1.807, 2.05) is 32.0 Å². The number of carboxylic acid groups (broad SMARTS) is 1.